The lowest BCUT2D eigenvalue weighted by molar-refractivity contribution is 0.0326. The van der Waals surface area contributed by atoms with Gasteiger partial charge in [-0.05, 0) is 83.7 Å². The van der Waals surface area contributed by atoms with E-state index in [1.165, 1.54) is 43.9 Å². The molecule has 0 amide bonds. The zero-order chi connectivity index (χ0) is 21.2. The monoisotopic (exact) mass is 412 g/mol. The summed E-state index contributed by atoms with van der Waals surface area (Å²) in [4.78, 5) is 0. The summed E-state index contributed by atoms with van der Waals surface area (Å²) in [7, 11) is 0. The minimum absolute atomic E-state index is 0.335. The molecule has 1 aromatic heterocycles. The largest absolute Gasteiger partial charge is 0.428 e. The Morgan fingerprint density at radius 3 is 2.55 bits per heavy atom. The molecular weight excluding hydrogens is 376 g/mol. The summed E-state index contributed by atoms with van der Waals surface area (Å²) in [6.07, 6.45) is 8.02. The van der Waals surface area contributed by atoms with Gasteiger partial charge in [-0.25, -0.2) is 0 Å². The van der Waals surface area contributed by atoms with Crippen LogP contribution in [0.25, 0.3) is 0 Å². The Morgan fingerprint density at radius 1 is 1.21 bits per heavy atom. The van der Waals surface area contributed by atoms with Crippen LogP contribution in [-0.2, 0) is 11.8 Å². The van der Waals surface area contributed by atoms with Crippen LogP contribution in [0.1, 0.15) is 76.0 Å². The molecule has 0 saturated heterocycles. The summed E-state index contributed by atoms with van der Waals surface area (Å²) in [5.74, 6) is 1.38. The number of fused-ring (bicyclic) bond motifs is 3. The van der Waals surface area contributed by atoms with Gasteiger partial charge in [0.1, 0.15) is 4.64 Å². The van der Waals surface area contributed by atoms with Crippen LogP contribution in [0.2, 0.25) is 0 Å². The standard InChI is InChI=1S/C20H31N.C5H5NOS/c1-14(2)15-6-8-17-16(12-15)7-9-18-19(3,13-21)10-5-11-20(17,18)4;7-6-4-2-1-3-5(6)8/h6,8,12,14,18H,5,7,9-11,13,21H2,1-4H3;1-4,7H/t18?,19-,20+;/m0./s1. The van der Waals surface area contributed by atoms with Crippen LogP contribution in [-0.4, -0.2) is 16.5 Å². The zero-order valence-electron chi connectivity index (χ0n) is 18.3. The predicted molar refractivity (Wildman–Crippen MR) is 123 cm³/mol. The first-order chi connectivity index (χ1) is 13.7. The average molecular weight is 413 g/mol. The third-order valence-corrected chi connectivity index (χ3v) is 7.76. The van der Waals surface area contributed by atoms with Gasteiger partial charge in [0.15, 0.2) is 0 Å². The first-order valence-corrected chi connectivity index (χ1v) is 11.3. The highest BCUT2D eigenvalue weighted by Gasteiger charge is 2.50. The maximum atomic E-state index is 8.73. The van der Waals surface area contributed by atoms with Crippen LogP contribution in [0.15, 0.2) is 42.6 Å². The van der Waals surface area contributed by atoms with E-state index in [0.717, 1.165) is 17.2 Å². The number of benzene rings is 1. The normalized spacial score (nSPS) is 28.1. The van der Waals surface area contributed by atoms with Crippen molar-refractivity contribution in [3.8, 4) is 0 Å². The Kier molecular flexibility index (Phi) is 6.54. The van der Waals surface area contributed by atoms with E-state index < -0.39 is 0 Å². The number of hydrogen-bond donors (Lipinski definition) is 2. The van der Waals surface area contributed by atoms with Crippen LogP contribution < -0.4 is 5.73 Å². The van der Waals surface area contributed by atoms with Crippen molar-refractivity contribution in [3.63, 3.8) is 0 Å². The van der Waals surface area contributed by atoms with E-state index in [1.807, 2.05) is 0 Å². The van der Waals surface area contributed by atoms with Crippen molar-refractivity contribution in [2.45, 2.75) is 71.1 Å². The molecule has 1 aromatic carbocycles. The molecule has 1 saturated carbocycles. The summed E-state index contributed by atoms with van der Waals surface area (Å²) in [5.41, 5.74) is 11.6. The Bertz CT molecular complexity index is 906. The Hall–Kier alpha value is -1.65. The van der Waals surface area contributed by atoms with Crippen LogP contribution in [0.5, 0.6) is 0 Å². The van der Waals surface area contributed by atoms with Crippen molar-refractivity contribution >= 4 is 12.2 Å². The molecule has 0 radical (unpaired) electrons. The number of rotatable bonds is 2. The topological polar surface area (TPSA) is 51.2 Å². The van der Waals surface area contributed by atoms with Gasteiger partial charge in [0, 0.05) is 6.20 Å². The molecule has 1 fully saturated rings. The third kappa shape index (κ3) is 4.29. The molecule has 3 atom stereocenters. The molecule has 158 valence electrons. The molecule has 1 unspecified atom stereocenters. The fourth-order valence-electron chi connectivity index (χ4n) is 5.67. The molecule has 3 nitrogen and oxygen atoms in total. The van der Waals surface area contributed by atoms with Gasteiger partial charge in [0.05, 0.1) is 0 Å². The molecule has 2 aliphatic rings. The smallest absolute Gasteiger partial charge is 0.142 e. The van der Waals surface area contributed by atoms with Crippen molar-refractivity contribution in [1.29, 1.82) is 0 Å². The number of nitrogens with zero attached hydrogens (tertiary/aromatic N) is 1. The van der Waals surface area contributed by atoms with Crippen LogP contribution in [0.3, 0.4) is 0 Å². The SMILES string of the molecule is CC(C)c1ccc2c(c1)CCC1[C@](C)(CN)CCC[C@]21C.On1ccccc1=S. The van der Waals surface area contributed by atoms with Gasteiger partial charge in [0.2, 0.25) is 0 Å². The number of pyridine rings is 1. The first-order valence-electron chi connectivity index (χ1n) is 10.9. The summed E-state index contributed by atoms with van der Waals surface area (Å²) >= 11 is 4.67. The maximum absolute atomic E-state index is 8.73. The van der Waals surface area contributed by atoms with Gasteiger partial charge in [-0.2, -0.15) is 4.73 Å². The molecule has 0 spiro atoms. The Balaban J connectivity index is 0.000000252. The molecule has 2 aromatic rings. The van der Waals surface area contributed by atoms with E-state index >= 15 is 0 Å². The molecule has 0 bridgehead atoms. The van der Waals surface area contributed by atoms with Crippen molar-refractivity contribution in [3.05, 3.63) is 63.9 Å². The quantitative estimate of drug-likeness (QED) is 0.454. The number of aromatic nitrogens is 1. The van der Waals surface area contributed by atoms with Crippen molar-refractivity contribution in [2.24, 2.45) is 17.1 Å². The Morgan fingerprint density at radius 2 is 1.97 bits per heavy atom. The Labute approximate surface area is 180 Å². The van der Waals surface area contributed by atoms with Gasteiger partial charge < -0.3 is 10.9 Å². The van der Waals surface area contributed by atoms with Gasteiger partial charge in [-0.3, -0.25) is 0 Å². The minimum atomic E-state index is 0.335. The molecular formula is C25H36N2OS. The van der Waals surface area contributed by atoms with Crippen LogP contribution in [0.4, 0.5) is 0 Å². The number of hydrogen-bond acceptors (Lipinski definition) is 3. The fourth-order valence-corrected chi connectivity index (χ4v) is 5.81. The lowest BCUT2D eigenvalue weighted by atomic mass is 9.50. The molecule has 4 rings (SSSR count). The zero-order valence-corrected chi connectivity index (χ0v) is 19.1. The minimum Gasteiger partial charge on any atom is -0.428 e. The first kappa shape index (κ1) is 22.0. The summed E-state index contributed by atoms with van der Waals surface area (Å²) in [6.45, 7) is 10.4. The van der Waals surface area contributed by atoms with Crippen molar-refractivity contribution in [1.82, 2.24) is 4.73 Å². The van der Waals surface area contributed by atoms with E-state index in [4.69, 9.17) is 10.9 Å². The molecule has 29 heavy (non-hydrogen) atoms. The van der Waals surface area contributed by atoms with Crippen molar-refractivity contribution < 1.29 is 5.21 Å². The summed E-state index contributed by atoms with van der Waals surface area (Å²) in [6, 6.07) is 12.4. The van der Waals surface area contributed by atoms with Gasteiger partial charge in [-0.15, -0.1) is 0 Å². The summed E-state index contributed by atoms with van der Waals surface area (Å²) in [5, 5.41) is 8.73. The van der Waals surface area contributed by atoms with Crippen LogP contribution >= 0.6 is 12.2 Å². The molecule has 2 aliphatic carbocycles. The predicted octanol–water partition coefficient (Wildman–Crippen LogP) is 6.23. The number of aryl methyl sites for hydroxylation is 1. The highest BCUT2D eigenvalue weighted by molar-refractivity contribution is 7.71. The third-order valence-electron chi connectivity index (χ3n) is 7.44. The molecule has 0 aliphatic heterocycles. The van der Waals surface area contributed by atoms with E-state index in [0.29, 0.717) is 21.4 Å². The van der Waals surface area contributed by atoms with Crippen molar-refractivity contribution in [2.75, 3.05) is 6.54 Å². The highest BCUT2D eigenvalue weighted by Crippen LogP contribution is 2.56. The molecule has 4 heteroatoms. The maximum Gasteiger partial charge on any atom is 0.142 e. The highest BCUT2D eigenvalue weighted by atomic mass is 32.1. The van der Waals surface area contributed by atoms with E-state index in [1.54, 1.807) is 29.3 Å². The molecule has 1 heterocycles. The second-order valence-electron chi connectivity index (χ2n) is 9.68. The second kappa shape index (κ2) is 8.61. The fraction of sp³-hybridized carbons (Fsp3) is 0.560. The second-order valence-corrected chi connectivity index (χ2v) is 10.1. The summed E-state index contributed by atoms with van der Waals surface area (Å²) < 4.78 is 1.32. The lowest BCUT2D eigenvalue weighted by Crippen LogP contribution is -2.51. The van der Waals surface area contributed by atoms with Gasteiger partial charge in [0.25, 0.3) is 0 Å². The van der Waals surface area contributed by atoms with Gasteiger partial charge in [-0.1, -0.05) is 70.6 Å². The van der Waals surface area contributed by atoms with Crippen LogP contribution in [0, 0.1) is 16.0 Å². The number of nitrogens with two attached hydrogens (primary N) is 1. The van der Waals surface area contributed by atoms with E-state index in [9.17, 15) is 0 Å². The average Bonchev–Trinajstić information content (AvgIpc) is 2.70. The van der Waals surface area contributed by atoms with E-state index in [-0.39, 0.29) is 0 Å². The van der Waals surface area contributed by atoms with E-state index in [2.05, 4.69) is 58.1 Å². The molecule has 3 N–H and O–H groups in total. The lowest BCUT2D eigenvalue weighted by Gasteiger charge is -2.55. The van der Waals surface area contributed by atoms with Gasteiger partial charge >= 0.3 is 0 Å².